The van der Waals surface area contributed by atoms with E-state index in [1.807, 2.05) is 54.4 Å². The summed E-state index contributed by atoms with van der Waals surface area (Å²) < 4.78 is 29.7. The number of carbonyl (C=O) groups is 3. The van der Waals surface area contributed by atoms with Crippen LogP contribution in [-0.2, 0) is 0 Å². The predicted octanol–water partition coefficient (Wildman–Crippen LogP) is 4.24. The summed E-state index contributed by atoms with van der Waals surface area (Å²) in [7, 11) is 3.93. The van der Waals surface area contributed by atoms with Crippen LogP contribution in [0, 0.1) is 26.6 Å². The minimum absolute atomic E-state index is 0. The van der Waals surface area contributed by atoms with Gasteiger partial charge in [0, 0.05) is 35.3 Å². The van der Waals surface area contributed by atoms with Crippen molar-refractivity contribution in [3.63, 3.8) is 0 Å². The van der Waals surface area contributed by atoms with Gasteiger partial charge in [-0.15, -0.1) is 17.0 Å². The molecule has 0 aliphatic heterocycles. The summed E-state index contributed by atoms with van der Waals surface area (Å²) in [5.41, 5.74) is 6.45. The fourth-order valence-corrected chi connectivity index (χ4v) is 5.17. The molecule has 0 amide bonds. The van der Waals surface area contributed by atoms with Crippen molar-refractivity contribution in [1.82, 2.24) is 28.7 Å². The molecule has 0 spiro atoms. The number of aryl methyl sites for hydroxylation is 3. The van der Waals surface area contributed by atoms with E-state index >= 15 is 0 Å². The maximum absolute atomic E-state index is 13.7. The average molecular weight is 893 g/mol. The summed E-state index contributed by atoms with van der Waals surface area (Å²) in [5, 5.41) is 8.56. The number of imidazole rings is 3. The standard InChI is InChI=1S/C13H13BrN2O2.C13H14N2O2.C12H11FN2O.CH3O.BrH.Na/c1-9-7-16(8-15-9)11-4-3-10(12(17)6-14)5-13(11)18-2;1-9-7-15(8-14-9)12-5-4-11(10(2)16)6-13(12)17-3;1-8-6-15(7-14-8)12-4-3-10(9(2)16)5-11(12)13;1-2;;/h3-5,7-8H,6H2,1-2H3;4-8H,1-3H3;3-7H,1-2H3;1H3;1H;/q;;;-1;;+1. The molecular weight excluding hydrogens is 850 g/mol. The van der Waals surface area contributed by atoms with Crippen molar-refractivity contribution in [2.45, 2.75) is 34.6 Å². The number of ether oxygens (including phenoxy) is 2. The second-order valence-corrected chi connectivity index (χ2v) is 11.9. The first-order valence-electron chi connectivity index (χ1n) is 16.1. The van der Waals surface area contributed by atoms with Crippen LogP contribution in [0.2, 0.25) is 0 Å². The molecule has 0 saturated carbocycles. The number of nitrogens with zero attached hydrogens (tertiary/aromatic N) is 6. The molecule has 12 nitrogen and oxygen atoms in total. The summed E-state index contributed by atoms with van der Waals surface area (Å²) >= 11 is 3.16. The van der Waals surface area contributed by atoms with Gasteiger partial charge < -0.3 is 28.3 Å². The Bertz CT molecular complexity index is 2190. The Morgan fingerprint density at radius 3 is 1.33 bits per heavy atom. The smallest absolute Gasteiger partial charge is 0.857 e. The molecule has 0 fully saturated rings. The van der Waals surface area contributed by atoms with E-state index in [4.69, 9.17) is 14.6 Å². The number of ketones is 3. The van der Waals surface area contributed by atoms with Crippen molar-refractivity contribution in [2.75, 3.05) is 26.7 Å². The van der Waals surface area contributed by atoms with E-state index in [-0.39, 0.29) is 63.9 Å². The Balaban J connectivity index is 0.000000397. The molecule has 0 N–H and O–H groups in total. The normalized spacial score (nSPS) is 9.73. The van der Waals surface area contributed by atoms with Crippen LogP contribution < -0.4 is 44.1 Å². The van der Waals surface area contributed by atoms with E-state index in [0.717, 1.165) is 35.6 Å². The van der Waals surface area contributed by atoms with Crippen molar-refractivity contribution >= 4 is 50.3 Å². The van der Waals surface area contributed by atoms with Crippen molar-refractivity contribution in [3.05, 3.63) is 132 Å². The molecule has 0 atom stereocenters. The van der Waals surface area contributed by atoms with Gasteiger partial charge in [-0.1, -0.05) is 15.9 Å². The minimum Gasteiger partial charge on any atom is -0.857 e. The number of hydrogen-bond donors (Lipinski definition) is 0. The Hall–Kier alpha value is -4.25. The fraction of sp³-hybridized carbons (Fsp3) is 0.231. The number of benzene rings is 3. The number of Topliss-reactive ketones (excluding diaryl/α,β-unsaturated/α-hetero) is 3. The third-order valence-corrected chi connectivity index (χ3v) is 8.04. The van der Waals surface area contributed by atoms with Crippen LogP contribution >= 0.6 is 32.9 Å². The van der Waals surface area contributed by atoms with Crippen LogP contribution in [0.25, 0.3) is 17.1 Å². The van der Waals surface area contributed by atoms with E-state index in [1.165, 1.54) is 19.9 Å². The van der Waals surface area contributed by atoms with Crippen LogP contribution in [0.15, 0.2) is 92.2 Å². The van der Waals surface area contributed by atoms with Gasteiger partial charge in [0.05, 0.1) is 72.7 Å². The van der Waals surface area contributed by atoms with Crippen LogP contribution in [0.1, 0.15) is 62.0 Å². The van der Waals surface area contributed by atoms with E-state index in [0.29, 0.717) is 39.2 Å². The van der Waals surface area contributed by atoms with Gasteiger partial charge in [0.2, 0.25) is 0 Å². The average Bonchev–Trinajstić information content (AvgIpc) is 3.93. The van der Waals surface area contributed by atoms with Crippen molar-refractivity contribution in [2.24, 2.45) is 0 Å². The van der Waals surface area contributed by atoms with Crippen LogP contribution in [0.3, 0.4) is 0 Å². The summed E-state index contributed by atoms with van der Waals surface area (Å²) in [6.07, 6.45) is 10.5. The van der Waals surface area contributed by atoms with Crippen LogP contribution in [0.4, 0.5) is 4.39 Å². The van der Waals surface area contributed by atoms with Gasteiger partial charge >= 0.3 is 29.6 Å². The molecule has 6 aromatic rings. The molecule has 16 heteroatoms. The Labute approximate surface area is 360 Å². The Kier molecular flexibility index (Phi) is 20.9. The maximum atomic E-state index is 13.7. The molecule has 0 aliphatic rings. The topological polar surface area (TPSA) is 146 Å². The molecule has 0 saturated heterocycles. The van der Waals surface area contributed by atoms with Gasteiger partial charge in [0.1, 0.15) is 17.3 Å². The molecule has 55 heavy (non-hydrogen) atoms. The first kappa shape index (κ1) is 48.8. The van der Waals surface area contributed by atoms with Crippen molar-refractivity contribution in [1.29, 1.82) is 0 Å². The molecular formula is C39H42Br2FN6NaO6. The zero-order valence-electron chi connectivity index (χ0n) is 32.2. The quantitative estimate of drug-likeness (QED) is 0.118. The predicted molar refractivity (Wildman–Crippen MR) is 212 cm³/mol. The Morgan fingerprint density at radius 1 is 0.655 bits per heavy atom. The number of hydrogen-bond acceptors (Lipinski definition) is 9. The van der Waals surface area contributed by atoms with Gasteiger partial charge in [-0.25, -0.2) is 19.3 Å². The number of aromatic nitrogens is 6. The Morgan fingerprint density at radius 2 is 1.00 bits per heavy atom. The molecule has 3 aromatic heterocycles. The zero-order valence-corrected chi connectivity index (χ0v) is 37.5. The molecule has 3 heterocycles. The van der Waals surface area contributed by atoms with Gasteiger partial charge in [0.25, 0.3) is 0 Å². The van der Waals surface area contributed by atoms with Crippen LogP contribution in [-0.4, -0.2) is 72.7 Å². The maximum Gasteiger partial charge on any atom is 1.00 e. The fourth-order valence-electron chi connectivity index (χ4n) is 4.85. The molecule has 0 radical (unpaired) electrons. The number of alkyl halides is 1. The summed E-state index contributed by atoms with van der Waals surface area (Å²) in [4.78, 5) is 46.3. The molecule has 6 rings (SSSR count). The summed E-state index contributed by atoms with van der Waals surface area (Å²) in [5.74, 6) is 0.796. The number of methoxy groups -OCH3 is 2. The van der Waals surface area contributed by atoms with E-state index < -0.39 is 5.82 Å². The van der Waals surface area contributed by atoms with Gasteiger partial charge in [-0.2, -0.15) is 7.11 Å². The first-order chi connectivity index (χ1) is 25.3. The molecule has 0 unspecified atom stereocenters. The molecule has 3 aromatic carbocycles. The van der Waals surface area contributed by atoms with Gasteiger partial charge in [-0.05, 0) is 89.2 Å². The van der Waals surface area contributed by atoms with Gasteiger partial charge in [0.15, 0.2) is 17.3 Å². The molecule has 0 aliphatic carbocycles. The zero-order chi connectivity index (χ0) is 39.2. The summed E-state index contributed by atoms with van der Waals surface area (Å²) in [6, 6.07) is 15.2. The first-order valence-corrected chi connectivity index (χ1v) is 17.2. The number of rotatable bonds is 9. The second kappa shape index (κ2) is 23.6. The van der Waals surface area contributed by atoms with Crippen molar-refractivity contribution < 1.29 is 62.9 Å². The van der Waals surface area contributed by atoms with Crippen molar-refractivity contribution in [3.8, 4) is 28.6 Å². The van der Waals surface area contributed by atoms with E-state index in [2.05, 4.69) is 30.9 Å². The van der Waals surface area contributed by atoms with Crippen LogP contribution in [0.5, 0.6) is 11.5 Å². The molecule has 286 valence electrons. The monoisotopic (exact) mass is 890 g/mol. The SMILES string of the molecule is Br.CC(=O)c1ccc(-n2cnc(C)c2)c(F)c1.COc1cc(C(=O)CBr)ccc1-n1cnc(C)c1.COc1cc(C(C)=O)ccc1-n1cnc(C)c1.C[O-].[Na+]. The third-order valence-electron chi connectivity index (χ3n) is 7.53. The second-order valence-electron chi connectivity index (χ2n) is 11.4. The largest absolute Gasteiger partial charge is 1.00 e. The number of carbonyl (C=O) groups excluding carboxylic acids is 3. The third kappa shape index (κ3) is 13.5. The number of halogens is 3. The minimum atomic E-state index is -0.426. The molecule has 0 bridgehead atoms. The summed E-state index contributed by atoms with van der Waals surface area (Å²) in [6.45, 7) is 8.63. The van der Waals surface area contributed by atoms with E-state index in [1.54, 1.807) is 80.4 Å². The van der Waals surface area contributed by atoms with E-state index in [9.17, 15) is 18.8 Å². The van der Waals surface area contributed by atoms with Gasteiger partial charge in [-0.3, -0.25) is 14.4 Å².